The lowest BCUT2D eigenvalue weighted by atomic mass is 10.2. The van der Waals surface area contributed by atoms with Gasteiger partial charge in [0.05, 0.1) is 11.9 Å². The molecule has 0 unspecified atom stereocenters. The van der Waals surface area contributed by atoms with Gasteiger partial charge in [0.1, 0.15) is 6.04 Å². The molecule has 0 aromatic heterocycles. The van der Waals surface area contributed by atoms with Gasteiger partial charge in [0.25, 0.3) is 0 Å². The third-order valence-corrected chi connectivity index (χ3v) is 4.17. The van der Waals surface area contributed by atoms with Crippen LogP contribution in [0.15, 0.2) is 18.2 Å². The van der Waals surface area contributed by atoms with Gasteiger partial charge >= 0.3 is 0 Å². The lowest BCUT2D eigenvalue weighted by Crippen LogP contribution is -2.48. The highest BCUT2D eigenvalue weighted by atomic mass is 32.2. The average Bonchev–Trinajstić information content (AvgIpc) is 2.38. The summed E-state index contributed by atoms with van der Waals surface area (Å²) in [6.45, 7) is 5.57. The monoisotopic (exact) mass is 334 g/mol. The van der Waals surface area contributed by atoms with Gasteiger partial charge < -0.3 is 5.32 Å². The zero-order valence-electron chi connectivity index (χ0n) is 12.9. The first-order chi connectivity index (χ1) is 10.0. The molecule has 0 fully saturated rings. The number of hydrogen-bond acceptors (Lipinski definition) is 3. The largest absolute Gasteiger partial charge is 0.354 e. The van der Waals surface area contributed by atoms with Gasteiger partial charge in [-0.2, -0.15) is 0 Å². The van der Waals surface area contributed by atoms with Crippen molar-refractivity contribution < 1.29 is 22.0 Å². The summed E-state index contributed by atoms with van der Waals surface area (Å²) in [7, 11) is -3.85. The first kappa shape index (κ1) is 18.3. The molecule has 124 valence electrons. The molecule has 1 aromatic carbocycles. The zero-order chi connectivity index (χ0) is 17.1. The number of benzene rings is 1. The summed E-state index contributed by atoms with van der Waals surface area (Å²) in [5, 5.41) is 2.62. The Hall–Kier alpha value is -1.70. The maximum absolute atomic E-state index is 13.3. The van der Waals surface area contributed by atoms with Crippen LogP contribution in [0.1, 0.15) is 20.8 Å². The SMILES string of the molecule is CC(C)CNC(=O)[C@@H](C)N(c1ccc(F)c(F)c1)S(C)(=O)=O. The molecule has 1 atom stereocenters. The highest BCUT2D eigenvalue weighted by Gasteiger charge is 2.29. The second-order valence-electron chi connectivity index (χ2n) is 5.47. The number of amides is 1. The van der Waals surface area contributed by atoms with Crippen LogP contribution < -0.4 is 9.62 Å². The van der Waals surface area contributed by atoms with E-state index in [0.29, 0.717) is 6.54 Å². The number of nitrogens with one attached hydrogen (secondary N) is 1. The van der Waals surface area contributed by atoms with E-state index in [2.05, 4.69) is 5.32 Å². The van der Waals surface area contributed by atoms with E-state index in [-0.39, 0.29) is 11.6 Å². The number of anilines is 1. The molecule has 1 N–H and O–H groups in total. The zero-order valence-corrected chi connectivity index (χ0v) is 13.7. The first-order valence-electron chi connectivity index (χ1n) is 6.76. The molecule has 1 aromatic rings. The molecule has 1 rings (SSSR count). The van der Waals surface area contributed by atoms with Gasteiger partial charge in [-0.3, -0.25) is 9.10 Å². The number of sulfonamides is 1. The van der Waals surface area contributed by atoms with Gasteiger partial charge in [-0.05, 0) is 25.0 Å². The van der Waals surface area contributed by atoms with Crippen molar-refractivity contribution in [2.24, 2.45) is 5.92 Å². The summed E-state index contributed by atoms with van der Waals surface area (Å²) in [6.07, 6.45) is 0.903. The van der Waals surface area contributed by atoms with Crippen LogP contribution in [0.3, 0.4) is 0 Å². The topological polar surface area (TPSA) is 66.5 Å². The second kappa shape index (κ2) is 7.04. The Labute approximate surface area is 129 Å². The van der Waals surface area contributed by atoms with Gasteiger partial charge in [0, 0.05) is 12.6 Å². The van der Waals surface area contributed by atoms with E-state index in [1.807, 2.05) is 13.8 Å². The van der Waals surface area contributed by atoms with E-state index >= 15 is 0 Å². The predicted molar refractivity (Wildman–Crippen MR) is 81.0 cm³/mol. The van der Waals surface area contributed by atoms with E-state index in [4.69, 9.17) is 0 Å². The Morgan fingerprint density at radius 2 is 1.82 bits per heavy atom. The molecule has 0 heterocycles. The molecule has 8 heteroatoms. The van der Waals surface area contributed by atoms with Crippen molar-refractivity contribution in [1.29, 1.82) is 0 Å². The second-order valence-corrected chi connectivity index (χ2v) is 7.33. The van der Waals surface area contributed by atoms with Crippen LogP contribution in [0, 0.1) is 17.6 Å². The van der Waals surface area contributed by atoms with Crippen LogP contribution in [-0.4, -0.2) is 33.2 Å². The van der Waals surface area contributed by atoms with Crippen molar-refractivity contribution in [3.63, 3.8) is 0 Å². The summed E-state index contributed by atoms with van der Waals surface area (Å²) < 4.78 is 51.0. The van der Waals surface area contributed by atoms with Gasteiger partial charge in [0.15, 0.2) is 11.6 Å². The number of nitrogens with zero attached hydrogens (tertiary/aromatic N) is 1. The number of hydrogen-bond donors (Lipinski definition) is 1. The van der Waals surface area contributed by atoms with E-state index < -0.39 is 33.6 Å². The Kier molecular flexibility index (Phi) is 5.87. The lowest BCUT2D eigenvalue weighted by Gasteiger charge is -2.28. The molecule has 5 nitrogen and oxygen atoms in total. The minimum absolute atomic E-state index is 0.103. The van der Waals surface area contributed by atoms with Crippen molar-refractivity contribution in [1.82, 2.24) is 5.32 Å². The van der Waals surface area contributed by atoms with Crippen molar-refractivity contribution in [3.05, 3.63) is 29.8 Å². The van der Waals surface area contributed by atoms with Gasteiger partial charge in [-0.1, -0.05) is 13.8 Å². The van der Waals surface area contributed by atoms with Crippen LogP contribution in [0.2, 0.25) is 0 Å². The summed E-state index contributed by atoms with van der Waals surface area (Å²) in [6, 6.07) is 1.61. The van der Waals surface area contributed by atoms with Gasteiger partial charge in [-0.15, -0.1) is 0 Å². The van der Waals surface area contributed by atoms with Crippen LogP contribution in [0.25, 0.3) is 0 Å². The molecule has 0 aliphatic heterocycles. The summed E-state index contributed by atoms with van der Waals surface area (Å²) in [5.74, 6) is -2.58. The molecular weight excluding hydrogens is 314 g/mol. The maximum Gasteiger partial charge on any atom is 0.243 e. The summed E-state index contributed by atoms with van der Waals surface area (Å²) in [4.78, 5) is 12.1. The van der Waals surface area contributed by atoms with E-state index in [9.17, 15) is 22.0 Å². The number of carbonyl (C=O) groups excluding carboxylic acids is 1. The molecule has 0 aliphatic rings. The Morgan fingerprint density at radius 1 is 1.23 bits per heavy atom. The molecule has 0 bridgehead atoms. The molecule has 22 heavy (non-hydrogen) atoms. The first-order valence-corrected chi connectivity index (χ1v) is 8.61. The minimum atomic E-state index is -3.85. The Morgan fingerprint density at radius 3 is 2.27 bits per heavy atom. The van der Waals surface area contributed by atoms with Crippen molar-refractivity contribution >= 4 is 21.6 Å². The van der Waals surface area contributed by atoms with Crippen molar-refractivity contribution in [3.8, 4) is 0 Å². The van der Waals surface area contributed by atoms with E-state index in [0.717, 1.165) is 28.8 Å². The number of rotatable bonds is 6. The van der Waals surface area contributed by atoms with Crippen molar-refractivity contribution in [2.45, 2.75) is 26.8 Å². The predicted octanol–water partition coefficient (Wildman–Crippen LogP) is 1.89. The smallest absolute Gasteiger partial charge is 0.243 e. The highest BCUT2D eigenvalue weighted by Crippen LogP contribution is 2.23. The van der Waals surface area contributed by atoms with E-state index in [1.54, 1.807) is 0 Å². The molecule has 0 aliphatic carbocycles. The fraction of sp³-hybridized carbons (Fsp3) is 0.500. The third-order valence-electron chi connectivity index (χ3n) is 2.93. The molecule has 1 amide bonds. The molecule has 0 spiro atoms. The molecule has 0 radical (unpaired) electrons. The fourth-order valence-corrected chi connectivity index (χ4v) is 3.05. The summed E-state index contributed by atoms with van der Waals surface area (Å²) in [5.41, 5.74) is -0.103. The Balaban J connectivity index is 3.13. The Bertz CT molecular complexity index is 647. The molecular formula is C14H20F2N2O3S. The number of carbonyl (C=O) groups is 1. The third kappa shape index (κ3) is 4.66. The molecule has 0 saturated carbocycles. The fourth-order valence-electron chi connectivity index (χ4n) is 1.88. The maximum atomic E-state index is 13.3. The van der Waals surface area contributed by atoms with Gasteiger partial charge in [0.2, 0.25) is 15.9 Å². The van der Waals surface area contributed by atoms with Crippen molar-refractivity contribution in [2.75, 3.05) is 17.1 Å². The quantitative estimate of drug-likeness (QED) is 0.864. The highest BCUT2D eigenvalue weighted by molar-refractivity contribution is 7.92. The van der Waals surface area contributed by atoms with Crippen LogP contribution >= 0.6 is 0 Å². The van der Waals surface area contributed by atoms with Crippen LogP contribution in [-0.2, 0) is 14.8 Å². The number of halogens is 2. The average molecular weight is 334 g/mol. The standard InChI is InChI=1S/C14H20F2N2O3S/c1-9(2)8-17-14(19)10(3)18(22(4,20)21)11-5-6-12(15)13(16)7-11/h5-7,9-10H,8H2,1-4H3,(H,17,19)/t10-/m1/s1. The van der Waals surface area contributed by atoms with Crippen LogP contribution in [0.4, 0.5) is 14.5 Å². The molecule has 0 saturated heterocycles. The van der Waals surface area contributed by atoms with Crippen LogP contribution in [0.5, 0.6) is 0 Å². The van der Waals surface area contributed by atoms with Gasteiger partial charge in [-0.25, -0.2) is 17.2 Å². The normalized spacial score (nSPS) is 13.0. The summed E-state index contributed by atoms with van der Waals surface area (Å²) >= 11 is 0. The minimum Gasteiger partial charge on any atom is -0.354 e. The van der Waals surface area contributed by atoms with E-state index in [1.165, 1.54) is 6.92 Å². The lowest BCUT2D eigenvalue weighted by molar-refractivity contribution is -0.121.